The van der Waals surface area contributed by atoms with Gasteiger partial charge >= 0.3 is 0 Å². The number of thiazole rings is 1. The van der Waals surface area contributed by atoms with E-state index < -0.39 is 0 Å². The Hall–Kier alpha value is -0.980. The maximum Gasteiger partial charge on any atom is 0.227 e. The van der Waals surface area contributed by atoms with E-state index in [2.05, 4.69) is 22.1 Å². The number of amides is 1. The Morgan fingerprint density at radius 2 is 2.50 bits per heavy atom. The van der Waals surface area contributed by atoms with Crippen LogP contribution in [0, 0.1) is 5.92 Å². The van der Waals surface area contributed by atoms with Crippen molar-refractivity contribution < 1.29 is 4.79 Å². The van der Waals surface area contributed by atoms with Gasteiger partial charge in [0.05, 0.1) is 5.69 Å². The van der Waals surface area contributed by atoms with Crippen LogP contribution in [0.3, 0.4) is 0 Å². The largest absolute Gasteiger partial charge is 0.327 e. The van der Waals surface area contributed by atoms with Gasteiger partial charge in [-0.25, -0.2) is 4.98 Å². The van der Waals surface area contributed by atoms with E-state index in [1.165, 1.54) is 24.2 Å². The topological polar surface area (TPSA) is 71.2 Å². The highest BCUT2D eigenvalue weighted by Crippen LogP contribution is 2.21. The second-order valence-electron chi connectivity index (χ2n) is 5.86. The van der Waals surface area contributed by atoms with Gasteiger partial charge in [0.15, 0.2) is 5.13 Å². The zero-order valence-corrected chi connectivity index (χ0v) is 13.1. The summed E-state index contributed by atoms with van der Waals surface area (Å²) < 4.78 is 0. The second kappa shape index (κ2) is 7.15. The van der Waals surface area contributed by atoms with Gasteiger partial charge in [-0.15, -0.1) is 11.3 Å². The summed E-state index contributed by atoms with van der Waals surface area (Å²) in [5.74, 6) is 0.708. The quantitative estimate of drug-likeness (QED) is 0.872. The molecule has 5 nitrogen and oxygen atoms in total. The summed E-state index contributed by atoms with van der Waals surface area (Å²) >= 11 is 1.48. The third-order valence-electron chi connectivity index (χ3n) is 3.43. The fourth-order valence-corrected chi connectivity index (χ4v) is 3.28. The van der Waals surface area contributed by atoms with E-state index in [0.29, 0.717) is 11.6 Å². The van der Waals surface area contributed by atoms with Crippen molar-refractivity contribution in [2.45, 2.75) is 45.7 Å². The summed E-state index contributed by atoms with van der Waals surface area (Å²) in [6.07, 6.45) is 2.92. The Bertz CT molecular complexity index is 446. The minimum atomic E-state index is -0.121. The lowest BCUT2D eigenvalue weighted by atomic mass is 10.0. The van der Waals surface area contributed by atoms with Crippen molar-refractivity contribution >= 4 is 22.4 Å². The van der Waals surface area contributed by atoms with E-state index in [1.54, 1.807) is 0 Å². The molecule has 1 fully saturated rings. The van der Waals surface area contributed by atoms with Gasteiger partial charge in [0.2, 0.25) is 5.91 Å². The number of likely N-dealkylation sites (tertiary alicyclic amines) is 1. The molecule has 1 amide bonds. The lowest BCUT2D eigenvalue weighted by Gasteiger charge is -2.30. The Morgan fingerprint density at radius 3 is 3.20 bits per heavy atom. The van der Waals surface area contributed by atoms with Gasteiger partial charge in [0.25, 0.3) is 0 Å². The SMILES string of the molecule is CC(N)CC(=O)Nc1nc(CN2CCCC(C)C2)cs1. The minimum absolute atomic E-state index is 0.0625. The van der Waals surface area contributed by atoms with E-state index >= 15 is 0 Å². The number of hydrogen-bond acceptors (Lipinski definition) is 5. The molecule has 0 radical (unpaired) electrons. The number of nitrogens with zero attached hydrogens (tertiary/aromatic N) is 2. The molecular formula is C14H24N4OS. The molecule has 1 aromatic heterocycles. The highest BCUT2D eigenvalue weighted by Gasteiger charge is 2.17. The number of rotatable bonds is 5. The first kappa shape index (κ1) is 15.4. The summed E-state index contributed by atoms with van der Waals surface area (Å²) in [7, 11) is 0. The minimum Gasteiger partial charge on any atom is -0.327 e. The molecule has 2 atom stereocenters. The number of anilines is 1. The van der Waals surface area contributed by atoms with Crippen molar-refractivity contribution in [1.82, 2.24) is 9.88 Å². The molecule has 6 heteroatoms. The summed E-state index contributed by atoms with van der Waals surface area (Å²) in [4.78, 5) is 18.6. The average molecular weight is 296 g/mol. The summed E-state index contributed by atoms with van der Waals surface area (Å²) in [5, 5.41) is 5.51. The fourth-order valence-electron chi connectivity index (χ4n) is 2.56. The van der Waals surface area contributed by atoms with Crippen molar-refractivity contribution in [3.8, 4) is 0 Å². The Kier molecular flexibility index (Phi) is 5.51. The maximum atomic E-state index is 11.6. The second-order valence-corrected chi connectivity index (χ2v) is 6.71. The molecule has 1 aliphatic rings. The van der Waals surface area contributed by atoms with Crippen LogP contribution in [0.15, 0.2) is 5.38 Å². The Labute approximate surface area is 124 Å². The monoisotopic (exact) mass is 296 g/mol. The normalized spacial score (nSPS) is 21.6. The molecule has 112 valence electrons. The molecule has 1 aliphatic heterocycles. The highest BCUT2D eigenvalue weighted by molar-refractivity contribution is 7.13. The van der Waals surface area contributed by atoms with Crippen LogP contribution in [0.4, 0.5) is 5.13 Å². The third-order valence-corrected chi connectivity index (χ3v) is 4.24. The number of carbonyl (C=O) groups is 1. The van der Waals surface area contributed by atoms with E-state index in [0.717, 1.165) is 31.2 Å². The van der Waals surface area contributed by atoms with Crippen LogP contribution in [0.2, 0.25) is 0 Å². The van der Waals surface area contributed by atoms with Gasteiger partial charge in [0, 0.05) is 30.9 Å². The van der Waals surface area contributed by atoms with Crippen molar-refractivity contribution in [2.24, 2.45) is 11.7 Å². The standard InChI is InChI=1S/C14H24N4OS/c1-10-4-3-5-18(7-10)8-12-9-20-14(16-12)17-13(19)6-11(2)15/h9-11H,3-8,15H2,1-2H3,(H,16,17,19). The van der Waals surface area contributed by atoms with Crippen molar-refractivity contribution in [1.29, 1.82) is 0 Å². The molecule has 0 bridgehead atoms. The van der Waals surface area contributed by atoms with Gasteiger partial charge in [0.1, 0.15) is 0 Å². The molecule has 3 N–H and O–H groups in total. The molecule has 0 aliphatic carbocycles. The molecule has 2 heterocycles. The average Bonchev–Trinajstić information content (AvgIpc) is 2.75. The first-order valence-corrected chi connectivity index (χ1v) is 8.13. The van der Waals surface area contributed by atoms with Crippen molar-refractivity contribution in [3.63, 3.8) is 0 Å². The van der Waals surface area contributed by atoms with Crippen LogP contribution in [0.1, 0.15) is 38.8 Å². The van der Waals surface area contributed by atoms with E-state index in [-0.39, 0.29) is 11.9 Å². The maximum absolute atomic E-state index is 11.6. The first-order valence-electron chi connectivity index (χ1n) is 7.25. The molecule has 1 saturated heterocycles. The predicted octanol–water partition coefficient (Wildman–Crippen LogP) is 2.05. The Morgan fingerprint density at radius 1 is 1.70 bits per heavy atom. The van der Waals surface area contributed by atoms with Crippen molar-refractivity contribution in [2.75, 3.05) is 18.4 Å². The van der Waals surface area contributed by atoms with Crippen LogP contribution in [-0.2, 0) is 11.3 Å². The summed E-state index contributed by atoms with van der Waals surface area (Å²) in [6.45, 7) is 7.29. The van der Waals surface area contributed by atoms with Crippen LogP contribution in [-0.4, -0.2) is 34.9 Å². The number of aromatic nitrogens is 1. The molecule has 20 heavy (non-hydrogen) atoms. The van der Waals surface area contributed by atoms with Gasteiger partial charge in [-0.3, -0.25) is 9.69 Å². The third kappa shape index (κ3) is 4.85. The van der Waals surface area contributed by atoms with Gasteiger partial charge < -0.3 is 11.1 Å². The Balaban J connectivity index is 1.84. The lowest BCUT2D eigenvalue weighted by molar-refractivity contribution is -0.116. The van der Waals surface area contributed by atoms with Crippen LogP contribution in [0.25, 0.3) is 0 Å². The fraction of sp³-hybridized carbons (Fsp3) is 0.714. The van der Waals surface area contributed by atoms with Gasteiger partial charge in [-0.05, 0) is 32.2 Å². The lowest BCUT2D eigenvalue weighted by Crippen LogP contribution is -2.33. The first-order chi connectivity index (χ1) is 9.52. The smallest absolute Gasteiger partial charge is 0.227 e. The molecule has 0 saturated carbocycles. The molecule has 0 spiro atoms. The molecule has 1 aromatic rings. The van der Waals surface area contributed by atoms with Gasteiger partial charge in [-0.2, -0.15) is 0 Å². The molecule has 2 unspecified atom stereocenters. The molecule has 2 rings (SSSR count). The number of nitrogens with one attached hydrogen (secondary N) is 1. The number of hydrogen-bond donors (Lipinski definition) is 2. The highest BCUT2D eigenvalue weighted by atomic mass is 32.1. The van der Waals surface area contributed by atoms with E-state index in [9.17, 15) is 4.79 Å². The summed E-state index contributed by atoms with van der Waals surface area (Å²) in [5.41, 5.74) is 6.65. The van der Waals surface area contributed by atoms with E-state index in [4.69, 9.17) is 5.73 Å². The molecule has 0 aromatic carbocycles. The predicted molar refractivity (Wildman–Crippen MR) is 82.7 cm³/mol. The van der Waals surface area contributed by atoms with E-state index in [1.807, 2.05) is 12.3 Å². The zero-order valence-electron chi connectivity index (χ0n) is 12.3. The molecular weight excluding hydrogens is 272 g/mol. The van der Waals surface area contributed by atoms with Gasteiger partial charge in [-0.1, -0.05) is 6.92 Å². The van der Waals surface area contributed by atoms with Crippen LogP contribution >= 0.6 is 11.3 Å². The van der Waals surface area contributed by atoms with Crippen LogP contribution in [0.5, 0.6) is 0 Å². The number of carbonyl (C=O) groups excluding carboxylic acids is 1. The number of piperidine rings is 1. The number of nitrogens with two attached hydrogens (primary N) is 1. The summed E-state index contributed by atoms with van der Waals surface area (Å²) in [6, 6.07) is -0.121. The van der Waals surface area contributed by atoms with Crippen molar-refractivity contribution in [3.05, 3.63) is 11.1 Å². The van der Waals surface area contributed by atoms with Crippen LogP contribution < -0.4 is 11.1 Å². The zero-order chi connectivity index (χ0) is 14.5.